The summed E-state index contributed by atoms with van der Waals surface area (Å²) in [6.45, 7) is 2.15. The van der Waals surface area contributed by atoms with Gasteiger partial charge in [-0.1, -0.05) is 6.92 Å². The Morgan fingerprint density at radius 3 is 2.87 bits per heavy atom. The maximum atomic E-state index is 11.6. The smallest absolute Gasteiger partial charge is 0.256 e. The van der Waals surface area contributed by atoms with Gasteiger partial charge in [0.05, 0.1) is 0 Å². The van der Waals surface area contributed by atoms with Crippen LogP contribution in [0.2, 0.25) is 0 Å². The maximum Gasteiger partial charge on any atom is 0.256 e. The van der Waals surface area contributed by atoms with E-state index in [1.807, 2.05) is 0 Å². The topological polar surface area (TPSA) is 62.0 Å². The van der Waals surface area contributed by atoms with Crippen LogP contribution in [0.1, 0.15) is 30.1 Å². The largest absolute Gasteiger partial charge is 0.367 e. The highest BCUT2D eigenvalue weighted by atomic mass is 16.2. The number of hydrogen-bond donors (Lipinski definition) is 2. The Kier molecular flexibility index (Phi) is 2.58. The van der Waals surface area contributed by atoms with E-state index in [9.17, 15) is 9.59 Å². The lowest BCUT2D eigenvalue weighted by Gasteiger charge is -2.33. The van der Waals surface area contributed by atoms with Crippen molar-refractivity contribution in [3.05, 3.63) is 34.2 Å². The molecule has 0 saturated heterocycles. The van der Waals surface area contributed by atoms with Crippen LogP contribution in [0.25, 0.3) is 0 Å². The third-order valence-corrected chi connectivity index (χ3v) is 2.78. The number of hydrogen-bond acceptors (Lipinski definition) is 2. The Morgan fingerprint density at radius 1 is 1.53 bits per heavy atom. The van der Waals surface area contributed by atoms with Crippen molar-refractivity contribution in [1.29, 1.82) is 0 Å². The number of amides is 1. The van der Waals surface area contributed by atoms with Gasteiger partial charge in [0.25, 0.3) is 5.91 Å². The van der Waals surface area contributed by atoms with Gasteiger partial charge in [-0.25, -0.2) is 0 Å². The summed E-state index contributed by atoms with van der Waals surface area (Å²) in [5.74, 6) is 0.415. The fourth-order valence-corrected chi connectivity index (χ4v) is 1.88. The minimum Gasteiger partial charge on any atom is -0.367 e. The van der Waals surface area contributed by atoms with Crippen LogP contribution in [0.5, 0.6) is 0 Å². The number of nitrogens with one attached hydrogen (secondary N) is 2. The first-order chi connectivity index (χ1) is 7.16. The molecule has 0 bridgehead atoms. The van der Waals surface area contributed by atoms with Crippen LogP contribution >= 0.6 is 0 Å². The molecule has 2 N–H and O–H groups in total. The second-order valence-corrected chi connectivity index (χ2v) is 4.17. The zero-order chi connectivity index (χ0) is 10.8. The Labute approximate surface area is 87.7 Å². The van der Waals surface area contributed by atoms with Gasteiger partial charge in [-0.2, -0.15) is 0 Å². The third kappa shape index (κ3) is 2.09. The first kappa shape index (κ1) is 9.96. The molecule has 1 heterocycles. The van der Waals surface area contributed by atoms with Gasteiger partial charge in [0.1, 0.15) is 5.56 Å². The molecule has 1 aromatic rings. The van der Waals surface area contributed by atoms with Crippen LogP contribution in [0.15, 0.2) is 23.3 Å². The van der Waals surface area contributed by atoms with Crippen molar-refractivity contribution in [3.63, 3.8) is 0 Å². The van der Waals surface area contributed by atoms with E-state index in [1.54, 1.807) is 0 Å². The molecular formula is C11H14N2O2. The van der Waals surface area contributed by atoms with Gasteiger partial charge in [0.2, 0.25) is 0 Å². The standard InChI is InChI=1S/C11H14N2O2/c1-7-4-8(5-7)13-11(15)9-6-12-3-2-10(9)14/h2-3,6-8H,4-5H2,1H3,(H,12,14)(H,13,15). The molecule has 1 amide bonds. The van der Waals surface area contributed by atoms with E-state index in [1.165, 1.54) is 18.5 Å². The van der Waals surface area contributed by atoms with E-state index in [0.29, 0.717) is 5.92 Å². The molecule has 1 aromatic heterocycles. The van der Waals surface area contributed by atoms with E-state index in [4.69, 9.17) is 0 Å². The average Bonchev–Trinajstić information content (AvgIpc) is 2.16. The quantitative estimate of drug-likeness (QED) is 0.755. The summed E-state index contributed by atoms with van der Waals surface area (Å²) in [7, 11) is 0. The lowest BCUT2D eigenvalue weighted by atomic mass is 9.82. The highest BCUT2D eigenvalue weighted by Crippen LogP contribution is 2.26. The summed E-state index contributed by atoms with van der Waals surface area (Å²) in [4.78, 5) is 25.7. The first-order valence-electron chi connectivity index (χ1n) is 5.15. The lowest BCUT2D eigenvalue weighted by Crippen LogP contribution is -2.44. The molecule has 1 saturated carbocycles. The van der Waals surface area contributed by atoms with E-state index in [-0.39, 0.29) is 22.9 Å². The van der Waals surface area contributed by atoms with Crippen molar-refractivity contribution < 1.29 is 4.79 Å². The van der Waals surface area contributed by atoms with Crippen molar-refractivity contribution >= 4 is 5.91 Å². The molecule has 1 aliphatic carbocycles. The zero-order valence-corrected chi connectivity index (χ0v) is 8.62. The number of H-pyrrole nitrogens is 1. The van der Waals surface area contributed by atoms with Gasteiger partial charge in [-0.15, -0.1) is 0 Å². The van der Waals surface area contributed by atoms with Gasteiger partial charge in [0.15, 0.2) is 5.43 Å². The summed E-state index contributed by atoms with van der Waals surface area (Å²) in [5.41, 5.74) is -0.0457. The van der Waals surface area contributed by atoms with Gasteiger partial charge >= 0.3 is 0 Å². The predicted molar refractivity (Wildman–Crippen MR) is 56.7 cm³/mol. The Balaban J connectivity index is 2.03. The molecule has 80 valence electrons. The Bertz CT molecular complexity index is 419. The number of aromatic nitrogens is 1. The van der Waals surface area contributed by atoms with Crippen molar-refractivity contribution in [2.24, 2.45) is 5.92 Å². The van der Waals surface area contributed by atoms with Gasteiger partial charge < -0.3 is 10.3 Å². The summed E-state index contributed by atoms with van der Waals surface area (Å²) >= 11 is 0. The summed E-state index contributed by atoms with van der Waals surface area (Å²) in [5, 5.41) is 2.84. The first-order valence-corrected chi connectivity index (χ1v) is 5.15. The van der Waals surface area contributed by atoms with Crippen molar-refractivity contribution in [1.82, 2.24) is 10.3 Å². The second kappa shape index (κ2) is 3.88. The molecular weight excluding hydrogens is 192 g/mol. The number of rotatable bonds is 2. The van der Waals surface area contributed by atoms with E-state index in [0.717, 1.165) is 12.8 Å². The van der Waals surface area contributed by atoms with Crippen molar-refractivity contribution in [3.8, 4) is 0 Å². The fourth-order valence-electron chi connectivity index (χ4n) is 1.88. The molecule has 4 nitrogen and oxygen atoms in total. The predicted octanol–water partition coefficient (Wildman–Crippen LogP) is 0.903. The third-order valence-electron chi connectivity index (χ3n) is 2.78. The fraction of sp³-hybridized carbons (Fsp3) is 0.455. The highest BCUT2D eigenvalue weighted by Gasteiger charge is 2.27. The summed E-state index contributed by atoms with van der Waals surface area (Å²) < 4.78 is 0. The number of pyridine rings is 1. The molecule has 1 aliphatic rings. The molecule has 0 aliphatic heterocycles. The van der Waals surface area contributed by atoms with Crippen LogP contribution in [-0.4, -0.2) is 16.9 Å². The minimum atomic E-state index is -0.270. The van der Waals surface area contributed by atoms with Crippen LogP contribution in [0, 0.1) is 5.92 Å². The average molecular weight is 206 g/mol. The Morgan fingerprint density at radius 2 is 2.27 bits per heavy atom. The number of carbonyl (C=O) groups excluding carboxylic acids is 1. The van der Waals surface area contributed by atoms with E-state index in [2.05, 4.69) is 17.2 Å². The summed E-state index contributed by atoms with van der Waals surface area (Å²) in [6.07, 6.45) is 4.98. The van der Waals surface area contributed by atoms with Crippen molar-refractivity contribution in [2.45, 2.75) is 25.8 Å². The summed E-state index contributed by atoms with van der Waals surface area (Å²) in [6, 6.07) is 1.60. The molecule has 0 aromatic carbocycles. The van der Waals surface area contributed by atoms with Gasteiger partial charge in [-0.05, 0) is 18.8 Å². The number of aromatic amines is 1. The molecule has 0 atom stereocenters. The number of carbonyl (C=O) groups is 1. The SMILES string of the molecule is CC1CC(NC(=O)c2c[nH]ccc2=O)C1. The molecule has 0 unspecified atom stereocenters. The van der Waals surface area contributed by atoms with Crippen LogP contribution in [0.4, 0.5) is 0 Å². The van der Waals surface area contributed by atoms with Crippen LogP contribution in [0.3, 0.4) is 0 Å². The molecule has 1 fully saturated rings. The molecule has 15 heavy (non-hydrogen) atoms. The second-order valence-electron chi connectivity index (χ2n) is 4.17. The van der Waals surface area contributed by atoms with Crippen LogP contribution < -0.4 is 10.7 Å². The molecule has 4 heteroatoms. The molecule has 0 spiro atoms. The monoisotopic (exact) mass is 206 g/mol. The van der Waals surface area contributed by atoms with E-state index < -0.39 is 0 Å². The van der Waals surface area contributed by atoms with Gasteiger partial charge in [0, 0.05) is 24.5 Å². The van der Waals surface area contributed by atoms with Crippen molar-refractivity contribution in [2.75, 3.05) is 0 Å². The normalized spacial score (nSPS) is 24.3. The van der Waals surface area contributed by atoms with E-state index >= 15 is 0 Å². The Hall–Kier alpha value is -1.58. The molecule has 0 radical (unpaired) electrons. The minimum absolute atomic E-state index is 0.192. The zero-order valence-electron chi connectivity index (χ0n) is 8.62. The molecule has 2 rings (SSSR count). The lowest BCUT2D eigenvalue weighted by molar-refractivity contribution is 0.0894. The van der Waals surface area contributed by atoms with Crippen LogP contribution in [-0.2, 0) is 0 Å². The maximum absolute atomic E-state index is 11.6. The highest BCUT2D eigenvalue weighted by molar-refractivity contribution is 5.93. The van der Waals surface area contributed by atoms with Gasteiger partial charge in [-0.3, -0.25) is 9.59 Å².